The lowest BCUT2D eigenvalue weighted by Crippen LogP contribution is -2.30. The smallest absolute Gasteiger partial charge is 0.254 e. The van der Waals surface area contributed by atoms with E-state index in [-0.39, 0.29) is 0 Å². The van der Waals surface area contributed by atoms with Gasteiger partial charge in [-0.05, 0) is 17.7 Å². The number of rotatable bonds is 2. The van der Waals surface area contributed by atoms with Crippen LogP contribution in [0.4, 0.5) is 0 Å². The molecule has 2 aromatic carbocycles. The topological polar surface area (TPSA) is 66.0 Å². The number of hydrogen-bond acceptors (Lipinski definition) is 3. The zero-order valence-corrected chi connectivity index (χ0v) is 14.2. The molecule has 0 aliphatic rings. The van der Waals surface area contributed by atoms with E-state index < -0.39 is 10.1 Å². The highest BCUT2D eigenvalue weighted by atomic mass is 32.2. The van der Waals surface area contributed by atoms with E-state index >= 15 is 0 Å². The van der Waals surface area contributed by atoms with Crippen LogP contribution in [0.15, 0.2) is 54.6 Å². The number of fused-ring (bicyclic) bond motifs is 1. The number of nitrogens with zero attached hydrogens (tertiary/aromatic N) is 2. The molecule has 0 N–H and O–H groups in total. The monoisotopic (exact) mass is 332 g/mol. The zero-order valence-electron chi connectivity index (χ0n) is 13.4. The van der Waals surface area contributed by atoms with Gasteiger partial charge >= 0.3 is 0 Å². The van der Waals surface area contributed by atoms with Crippen LogP contribution in [0.3, 0.4) is 0 Å². The minimum atomic E-state index is -3.92. The second kappa shape index (κ2) is 6.93. The zero-order chi connectivity index (χ0) is 17.0. The van der Waals surface area contributed by atoms with Crippen molar-refractivity contribution >= 4 is 21.2 Å². The summed E-state index contributed by atoms with van der Waals surface area (Å²) in [7, 11) is -1.79. The van der Waals surface area contributed by atoms with Gasteiger partial charge < -0.3 is 4.55 Å². The molecule has 0 spiro atoms. The average molecular weight is 332 g/mol. The molecule has 1 heterocycles. The Labute approximate surface area is 136 Å². The largest absolute Gasteiger partial charge is 0.748 e. The first-order valence-corrected chi connectivity index (χ1v) is 8.97. The second-order valence-electron chi connectivity index (χ2n) is 5.37. The predicted molar refractivity (Wildman–Crippen MR) is 89.0 cm³/mol. The fourth-order valence-electron chi connectivity index (χ4n) is 2.47. The average Bonchev–Trinajstić information content (AvgIpc) is 2.72. The molecule has 0 fully saturated rings. The summed E-state index contributed by atoms with van der Waals surface area (Å²) in [4.78, 5) is 0. The fraction of sp³-hybridized carbons (Fsp3) is 0.235. The van der Waals surface area contributed by atoms with Crippen molar-refractivity contribution in [2.75, 3.05) is 6.26 Å². The van der Waals surface area contributed by atoms with Crippen LogP contribution in [0, 0.1) is 6.92 Å². The van der Waals surface area contributed by atoms with Crippen molar-refractivity contribution in [3.8, 4) is 0 Å². The number of para-hydroxylation sites is 2. The second-order valence-corrected chi connectivity index (χ2v) is 6.78. The molecule has 23 heavy (non-hydrogen) atoms. The molecule has 5 nitrogen and oxygen atoms in total. The summed E-state index contributed by atoms with van der Waals surface area (Å²) >= 11 is 0. The minimum Gasteiger partial charge on any atom is -0.748 e. The first-order chi connectivity index (χ1) is 10.8. The minimum absolute atomic E-state index is 0.604. The molecule has 0 aliphatic carbocycles. The Morgan fingerprint density at radius 1 is 1.04 bits per heavy atom. The van der Waals surface area contributed by atoms with Crippen LogP contribution >= 0.6 is 0 Å². The van der Waals surface area contributed by atoms with E-state index in [1.807, 2.05) is 0 Å². The van der Waals surface area contributed by atoms with Crippen molar-refractivity contribution in [3.05, 3.63) is 66.0 Å². The van der Waals surface area contributed by atoms with E-state index in [1.165, 1.54) is 22.4 Å². The van der Waals surface area contributed by atoms with Crippen molar-refractivity contribution in [1.29, 1.82) is 0 Å². The summed E-state index contributed by atoms with van der Waals surface area (Å²) in [5.74, 6) is 1.28. The molecule has 3 rings (SSSR count). The Bertz CT molecular complexity index is 892. The lowest BCUT2D eigenvalue weighted by molar-refractivity contribution is -0.652. The number of aryl methyl sites for hydroxylation is 1. The van der Waals surface area contributed by atoms with Gasteiger partial charge in [-0.2, -0.15) is 0 Å². The molecular formula is C17H20N2O3S. The summed E-state index contributed by atoms with van der Waals surface area (Å²) in [6, 6.07) is 19.1. The van der Waals surface area contributed by atoms with Crippen LogP contribution in [-0.4, -0.2) is 23.8 Å². The van der Waals surface area contributed by atoms with Gasteiger partial charge in [0.1, 0.15) is 6.54 Å². The molecule has 0 bridgehead atoms. The maximum atomic E-state index is 9.08. The SMILES string of the molecule is CS(=O)(=O)[O-].Cc1n(Cc2ccccc2)c2ccccc2[n+]1C. The molecule has 1 aromatic heterocycles. The van der Waals surface area contributed by atoms with Gasteiger partial charge in [0.15, 0.2) is 11.0 Å². The molecular weight excluding hydrogens is 312 g/mol. The van der Waals surface area contributed by atoms with Gasteiger partial charge in [0.2, 0.25) is 0 Å². The highest BCUT2D eigenvalue weighted by Crippen LogP contribution is 2.15. The van der Waals surface area contributed by atoms with Crippen LogP contribution in [0.2, 0.25) is 0 Å². The molecule has 0 aliphatic heterocycles. The lowest BCUT2D eigenvalue weighted by Gasteiger charge is -2.00. The summed E-state index contributed by atoms with van der Waals surface area (Å²) in [6.07, 6.45) is 0.604. The van der Waals surface area contributed by atoms with E-state index in [0.29, 0.717) is 6.26 Å². The maximum Gasteiger partial charge on any atom is 0.254 e. The molecule has 0 atom stereocenters. The van der Waals surface area contributed by atoms with Crippen LogP contribution in [0.25, 0.3) is 11.0 Å². The third-order valence-corrected chi connectivity index (χ3v) is 3.59. The van der Waals surface area contributed by atoms with Gasteiger partial charge in [0.25, 0.3) is 5.82 Å². The molecule has 6 heteroatoms. The first-order valence-electron chi connectivity index (χ1n) is 7.16. The van der Waals surface area contributed by atoms with Gasteiger partial charge in [-0.3, -0.25) is 0 Å². The Morgan fingerprint density at radius 3 is 2.17 bits per heavy atom. The van der Waals surface area contributed by atoms with Gasteiger partial charge in [0, 0.05) is 13.2 Å². The fourth-order valence-corrected chi connectivity index (χ4v) is 2.47. The van der Waals surface area contributed by atoms with E-state index in [0.717, 1.165) is 6.54 Å². The van der Waals surface area contributed by atoms with Gasteiger partial charge in [-0.1, -0.05) is 42.5 Å². The summed E-state index contributed by atoms with van der Waals surface area (Å²) in [6.45, 7) is 3.09. The number of aromatic nitrogens is 2. The Morgan fingerprint density at radius 2 is 1.57 bits per heavy atom. The number of hydrogen-bond donors (Lipinski definition) is 0. The molecule has 122 valence electrons. The standard InChI is InChI=1S/C16H17N2.CH4O3S/c1-13-17(2)15-10-6-7-11-16(15)18(13)12-14-8-4-3-5-9-14;1-5(2,3)4/h3-11H,12H2,1-2H3;1H3,(H,2,3,4)/q+1;/p-1. The van der Waals surface area contributed by atoms with Crippen LogP contribution in [0.1, 0.15) is 11.4 Å². The van der Waals surface area contributed by atoms with Gasteiger partial charge in [-0.15, -0.1) is 0 Å². The van der Waals surface area contributed by atoms with Gasteiger partial charge in [0.05, 0.1) is 17.2 Å². The van der Waals surface area contributed by atoms with E-state index in [2.05, 4.69) is 77.7 Å². The molecule has 0 saturated carbocycles. The highest BCUT2D eigenvalue weighted by Gasteiger charge is 2.18. The summed E-state index contributed by atoms with van der Waals surface area (Å²) < 4.78 is 31.8. The van der Waals surface area contributed by atoms with Crippen molar-refractivity contribution < 1.29 is 17.5 Å². The third-order valence-electron chi connectivity index (χ3n) is 3.59. The van der Waals surface area contributed by atoms with Crippen LogP contribution in [0.5, 0.6) is 0 Å². The summed E-state index contributed by atoms with van der Waals surface area (Å²) in [5, 5.41) is 0. The lowest BCUT2D eigenvalue weighted by atomic mass is 10.2. The quantitative estimate of drug-likeness (QED) is 0.532. The van der Waals surface area contributed by atoms with Crippen molar-refractivity contribution in [3.63, 3.8) is 0 Å². The van der Waals surface area contributed by atoms with E-state index in [4.69, 9.17) is 13.0 Å². The van der Waals surface area contributed by atoms with Crippen LogP contribution < -0.4 is 4.57 Å². The number of imidazole rings is 1. The van der Waals surface area contributed by atoms with Crippen molar-refractivity contribution in [2.45, 2.75) is 13.5 Å². The van der Waals surface area contributed by atoms with E-state index in [9.17, 15) is 0 Å². The maximum absolute atomic E-state index is 9.08. The molecule has 0 radical (unpaired) electrons. The number of benzene rings is 2. The van der Waals surface area contributed by atoms with E-state index in [1.54, 1.807) is 0 Å². The Hall–Kier alpha value is -2.18. The highest BCUT2D eigenvalue weighted by molar-refractivity contribution is 7.84. The Kier molecular flexibility index (Phi) is 5.18. The Balaban J connectivity index is 0.000000338. The van der Waals surface area contributed by atoms with Crippen molar-refractivity contribution in [2.24, 2.45) is 7.05 Å². The summed E-state index contributed by atoms with van der Waals surface area (Å²) in [5.41, 5.74) is 3.91. The molecule has 3 aromatic rings. The van der Waals surface area contributed by atoms with Crippen molar-refractivity contribution in [1.82, 2.24) is 4.57 Å². The third kappa shape index (κ3) is 4.64. The first kappa shape index (κ1) is 17.2. The predicted octanol–water partition coefficient (Wildman–Crippen LogP) is 1.98. The van der Waals surface area contributed by atoms with Crippen LogP contribution in [-0.2, 0) is 23.7 Å². The normalized spacial score (nSPS) is 11.1. The van der Waals surface area contributed by atoms with Gasteiger partial charge in [-0.25, -0.2) is 17.6 Å². The molecule has 0 amide bonds. The molecule has 0 saturated heterocycles. The molecule has 0 unspecified atom stereocenters.